The molecule has 2 aromatic heterocycles. The molecule has 0 radical (unpaired) electrons. The number of benzene rings is 6. The molecule has 0 unspecified atom stereocenters. The predicted molar refractivity (Wildman–Crippen MR) is 230 cm³/mol. The van der Waals surface area contributed by atoms with Crippen LogP contribution in [0.4, 0.5) is 17.2 Å². The number of amidine groups is 1. The zero-order valence-corrected chi connectivity index (χ0v) is 30.6. The summed E-state index contributed by atoms with van der Waals surface area (Å²) in [5, 5.41) is 0.917. The van der Waals surface area contributed by atoms with Crippen molar-refractivity contribution in [3.05, 3.63) is 199 Å². The van der Waals surface area contributed by atoms with E-state index in [1.165, 1.54) is 0 Å². The second kappa shape index (κ2) is 15.0. The highest BCUT2D eigenvalue weighted by Gasteiger charge is 2.29. The summed E-state index contributed by atoms with van der Waals surface area (Å²) in [6.45, 7) is 0.962. The second-order valence-electron chi connectivity index (χ2n) is 13.5. The van der Waals surface area contributed by atoms with Gasteiger partial charge in [-0.05, 0) is 23.3 Å². The van der Waals surface area contributed by atoms with E-state index in [-0.39, 0.29) is 0 Å². The van der Waals surface area contributed by atoms with Gasteiger partial charge in [-0.15, -0.1) is 0 Å². The van der Waals surface area contributed by atoms with Crippen molar-refractivity contribution in [2.45, 2.75) is 6.54 Å². The summed E-state index contributed by atoms with van der Waals surface area (Å²) in [7, 11) is 0. The highest BCUT2D eigenvalue weighted by atomic mass is 15.2. The van der Waals surface area contributed by atoms with E-state index in [2.05, 4.69) is 53.4 Å². The van der Waals surface area contributed by atoms with Crippen LogP contribution in [0.25, 0.3) is 45.1 Å². The summed E-state index contributed by atoms with van der Waals surface area (Å²) in [5.41, 5.74) is 23.7. The Balaban J connectivity index is 1.17. The molecule has 1 aliphatic heterocycles. The van der Waals surface area contributed by atoms with E-state index in [1.54, 1.807) is 0 Å². The Morgan fingerprint density at radius 1 is 0.679 bits per heavy atom. The quantitative estimate of drug-likeness (QED) is 0.120. The average molecular weight is 727 g/mol. The first-order chi connectivity index (χ1) is 27.6. The number of nitrogens with two attached hydrogens (primary N) is 2. The molecular weight excluding hydrogens is 689 g/mol. The fraction of sp³-hybridized carbons (Fsp3) is 0.0417. The molecule has 3 heterocycles. The van der Waals surface area contributed by atoms with Crippen molar-refractivity contribution in [1.29, 1.82) is 0 Å². The van der Waals surface area contributed by atoms with Crippen LogP contribution in [0, 0.1) is 0 Å². The van der Waals surface area contributed by atoms with Crippen LogP contribution < -0.4 is 16.4 Å². The lowest BCUT2D eigenvalue weighted by Gasteiger charge is -2.20. The number of hydrogen-bond acceptors (Lipinski definition) is 6. The number of hydrogen-bond donors (Lipinski definition) is 2. The molecule has 8 aromatic rings. The van der Waals surface area contributed by atoms with E-state index < -0.39 is 0 Å². The highest BCUT2D eigenvalue weighted by molar-refractivity contribution is 6.23. The molecule has 0 bridgehead atoms. The summed E-state index contributed by atoms with van der Waals surface area (Å²) < 4.78 is 1.99. The lowest BCUT2D eigenvalue weighted by molar-refractivity contribution is 1.03. The number of para-hydroxylation sites is 2. The van der Waals surface area contributed by atoms with Crippen molar-refractivity contribution in [2.24, 2.45) is 15.7 Å². The molecule has 9 rings (SSSR count). The molecule has 0 saturated heterocycles. The minimum Gasteiger partial charge on any atom is -0.398 e. The monoisotopic (exact) mass is 726 g/mol. The molecule has 0 saturated carbocycles. The predicted octanol–water partition coefficient (Wildman–Crippen LogP) is 9.88. The maximum Gasteiger partial charge on any atom is 0.162 e. The molecule has 56 heavy (non-hydrogen) atoms. The van der Waals surface area contributed by atoms with Gasteiger partial charge in [-0.2, -0.15) is 0 Å². The van der Waals surface area contributed by atoms with Crippen LogP contribution in [-0.4, -0.2) is 32.6 Å². The normalized spacial score (nSPS) is 13.7. The van der Waals surface area contributed by atoms with Crippen molar-refractivity contribution < 1.29 is 0 Å². The topological polar surface area (TPSA) is 111 Å². The van der Waals surface area contributed by atoms with Gasteiger partial charge in [0.05, 0.1) is 35.7 Å². The van der Waals surface area contributed by atoms with E-state index in [1.807, 2.05) is 138 Å². The van der Waals surface area contributed by atoms with Crippen LogP contribution in [0.5, 0.6) is 0 Å². The maximum atomic E-state index is 7.19. The lowest BCUT2D eigenvalue weighted by Crippen LogP contribution is -2.30. The van der Waals surface area contributed by atoms with Gasteiger partial charge in [0.1, 0.15) is 23.2 Å². The third-order valence-electron chi connectivity index (χ3n) is 9.92. The van der Waals surface area contributed by atoms with Crippen LogP contribution in [0.3, 0.4) is 0 Å². The van der Waals surface area contributed by atoms with Crippen LogP contribution in [0.2, 0.25) is 0 Å². The fourth-order valence-corrected chi connectivity index (χ4v) is 7.15. The van der Waals surface area contributed by atoms with Gasteiger partial charge >= 0.3 is 0 Å². The number of nitrogens with zero attached hydrogens (tertiary/aromatic N) is 6. The number of anilines is 2. The molecule has 0 spiro atoms. The summed E-state index contributed by atoms with van der Waals surface area (Å²) in [6.07, 6.45) is 1.96. The van der Waals surface area contributed by atoms with E-state index in [0.717, 1.165) is 61.6 Å². The molecular formula is C48H38N8. The Bertz CT molecular complexity index is 2700. The van der Waals surface area contributed by atoms with Gasteiger partial charge in [-0.1, -0.05) is 158 Å². The standard InChI is InChI=1S/C48H38N8/c49-39(34-19-7-2-8-20-34)29-44(51-31-33-17-5-1-6-18-33)55-32-41(37-25-13-15-27-42(37)55)52-46-38-26-14-16-28-43(38)56(47(46)50)45-30-40(35-21-9-3-10-22-35)53-48(54-45)36-23-11-4-12-24-36/h1-30H,31-32,49-50H2/b39-29-,51-44?,52-41?. The SMILES string of the molecule is N/C(=C\C(=NCc1ccccc1)N1CC(=Nc2c(N)n(-c3cc(-c4ccccc4)nc(-c4ccccc4)n3)c3ccccc23)c2ccccc21)c1ccccc1. The molecule has 0 aliphatic carbocycles. The first-order valence-electron chi connectivity index (χ1n) is 18.6. The first-order valence-corrected chi connectivity index (χ1v) is 18.6. The lowest BCUT2D eigenvalue weighted by atomic mass is 10.1. The van der Waals surface area contributed by atoms with Crippen molar-refractivity contribution >= 4 is 45.3 Å². The van der Waals surface area contributed by atoms with E-state index >= 15 is 0 Å². The van der Waals surface area contributed by atoms with E-state index in [4.69, 9.17) is 31.4 Å². The molecule has 0 fully saturated rings. The Hall–Kier alpha value is -7.58. The van der Waals surface area contributed by atoms with Crippen molar-refractivity contribution in [2.75, 3.05) is 17.2 Å². The smallest absolute Gasteiger partial charge is 0.162 e. The first kappa shape index (κ1) is 34.2. The molecule has 8 heteroatoms. The summed E-state index contributed by atoms with van der Waals surface area (Å²) in [5.74, 6) is 2.49. The minimum atomic E-state index is 0.467. The Morgan fingerprint density at radius 3 is 2.05 bits per heavy atom. The van der Waals surface area contributed by atoms with Gasteiger partial charge in [0.2, 0.25) is 0 Å². The maximum absolute atomic E-state index is 7.19. The average Bonchev–Trinajstić information content (AvgIpc) is 3.77. The van der Waals surface area contributed by atoms with E-state index in [9.17, 15) is 0 Å². The number of aliphatic imine (C=N–C) groups is 2. The second-order valence-corrected chi connectivity index (χ2v) is 13.5. The Kier molecular flexibility index (Phi) is 9.19. The molecule has 0 amide bonds. The third kappa shape index (κ3) is 6.71. The molecule has 4 N–H and O–H groups in total. The van der Waals surface area contributed by atoms with Gasteiger partial charge in [0.15, 0.2) is 5.82 Å². The van der Waals surface area contributed by atoms with Crippen LogP contribution in [0.1, 0.15) is 16.7 Å². The van der Waals surface area contributed by atoms with Crippen molar-refractivity contribution in [3.63, 3.8) is 0 Å². The summed E-state index contributed by atoms with van der Waals surface area (Å²) >= 11 is 0. The van der Waals surface area contributed by atoms with Crippen molar-refractivity contribution in [1.82, 2.24) is 14.5 Å². The highest BCUT2D eigenvalue weighted by Crippen LogP contribution is 2.40. The zero-order valence-electron chi connectivity index (χ0n) is 30.6. The molecule has 270 valence electrons. The van der Waals surface area contributed by atoms with Crippen molar-refractivity contribution in [3.8, 4) is 28.5 Å². The third-order valence-corrected chi connectivity index (χ3v) is 9.92. The van der Waals surface area contributed by atoms with Crippen LogP contribution in [-0.2, 0) is 6.54 Å². The largest absolute Gasteiger partial charge is 0.398 e. The fourth-order valence-electron chi connectivity index (χ4n) is 7.15. The molecule has 1 aliphatic rings. The Morgan fingerprint density at radius 2 is 1.30 bits per heavy atom. The van der Waals surface area contributed by atoms with Gasteiger partial charge in [0, 0.05) is 39.9 Å². The molecule has 0 atom stereocenters. The summed E-state index contributed by atoms with van der Waals surface area (Å²) in [4.78, 5) is 22.8. The zero-order chi connectivity index (χ0) is 37.8. The number of nitrogen functional groups attached to an aromatic ring is 1. The van der Waals surface area contributed by atoms with Gasteiger partial charge in [-0.25, -0.2) is 15.0 Å². The molecule has 6 aromatic carbocycles. The van der Waals surface area contributed by atoms with Gasteiger partial charge < -0.3 is 16.4 Å². The van der Waals surface area contributed by atoms with Gasteiger partial charge in [-0.3, -0.25) is 9.56 Å². The number of fused-ring (bicyclic) bond motifs is 2. The van der Waals surface area contributed by atoms with Crippen LogP contribution >= 0.6 is 0 Å². The minimum absolute atomic E-state index is 0.467. The number of aromatic nitrogens is 3. The van der Waals surface area contributed by atoms with Gasteiger partial charge in [0.25, 0.3) is 0 Å². The Labute approximate surface area is 325 Å². The molecule has 8 nitrogen and oxygen atoms in total. The summed E-state index contributed by atoms with van der Waals surface area (Å²) in [6, 6.07) is 58.8. The van der Waals surface area contributed by atoms with E-state index in [0.29, 0.717) is 41.9 Å². The number of rotatable bonds is 8. The van der Waals surface area contributed by atoms with Crippen LogP contribution in [0.15, 0.2) is 192 Å².